The van der Waals surface area contributed by atoms with Gasteiger partial charge in [0.25, 0.3) is 0 Å². The van der Waals surface area contributed by atoms with E-state index in [1.54, 1.807) is 6.33 Å². The summed E-state index contributed by atoms with van der Waals surface area (Å²) in [6.45, 7) is 0. The van der Waals surface area contributed by atoms with E-state index in [0.717, 1.165) is 28.0 Å². The molecule has 0 amide bonds. The zero-order chi connectivity index (χ0) is 16.8. The minimum atomic E-state index is 0.951. The van der Waals surface area contributed by atoms with E-state index < -0.39 is 0 Å². The first kappa shape index (κ1) is 14.0. The molecule has 4 aromatic rings. The standard InChI is InChI=1S/C21H16N4/c1-24-16-8-2-4-10-18(16)25(19-11-5-3-9-17(19)24)20-12-6-7-15-13-22-14-23-21(15)20/h2-14H,1H3. The summed E-state index contributed by atoms with van der Waals surface area (Å²) in [5.74, 6) is 0. The molecule has 120 valence electrons. The van der Waals surface area contributed by atoms with Crippen LogP contribution in [-0.4, -0.2) is 17.0 Å². The summed E-state index contributed by atoms with van der Waals surface area (Å²) in [5, 5.41) is 1.04. The van der Waals surface area contributed by atoms with Crippen LogP contribution in [0.15, 0.2) is 79.3 Å². The van der Waals surface area contributed by atoms with Crippen LogP contribution >= 0.6 is 0 Å². The topological polar surface area (TPSA) is 32.3 Å². The summed E-state index contributed by atoms with van der Waals surface area (Å²) in [7, 11) is 2.11. The predicted molar refractivity (Wildman–Crippen MR) is 102 cm³/mol. The van der Waals surface area contributed by atoms with Crippen LogP contribution in [0.1, 0.15) is 0 Å². The van der Waals surface area contributed by atoms with Crippen molar-refractivity contribution in [2.75, 3.05) is 16.8 Å². The minimum absolute atomic E-state index is 0.951. The molecular weight excluding hydrogens is 308 g/mol. The van der Waals surface area contributed by atoms with Gasteiger partial charge < -0.3 is 9.80 Å². The maximum Gasteiger partial charge on any atom is 0.116 e. The monoisotopic (exact) mass is 324 g/mol. The fourth-order valence-electron chi connectivity index (χ4n) is 3.57. The first-order valence-electron chi connectivity index (χ1n) is 8.25. The van der Waals surface area contributed by atoms with E-state index in [2.05, 4.69) is 87.5 Å². The molecule has 0 bridgehead atoms. The molecule has 5 rings (SSSR count). The first-order chi connectivity index (χ1) is 12.3. The van der Waals surface area contributed by atoms with Crippen molar-refractivity contribution in [3.05, 3.63) is 79.3 Å². The number of para-hydroxylation sites is 5. The average Bonchev–Trinajstić information content (AvgIpc) is 2.68. The Hall–Kier alpha value is -3.40. The largest absolute Gasteiger partial charge is 0.341 e. The summed E-state index contributed by atoms with van der Waals surface area (Å²) in [6.07, 6.45) is 3.47. The lowest BCUT2D eigenvalue weighted by atomic mass is 10.1. The van der Waals surface area contributed by atoms with Gasteiger partial charge in [0, 0.05) is 18.6 Å². The lowest BCUT2D eigenvalue weighted by Gasteiger charge is -2.38. The van der Waals surface area contributed by atoms with Crippen LogP contribution in [0.5, 0.6) is 0 Å². The molecule has 1 aromatic heterocycles. The van der Waals surface area contributed by atoms with E-state index in [0.29, 0.717) is 0 Å². The molecule has 25 heavy (non-hydrogen) atoms. The Balaban J connectivity index is 1.86. The maximum absolute atomic E-state index is 4.55. The highest BCUT2D eigenvalue weighted by atomic mass is 15.3. The molecule has 0 aliphatic carbocycles. The number of anilines is 5. The lowest BCUT2D eigenvalue weighted by Crippen LogP contribution is -2.24. The number of hydrogen-bond acceptors (Lipinski definition) is 4. The Morgan fingerprint density at radius 2 is 1.28 bits per heavy atom. The summed E-state index contributed by atoms with van der Waals surface area (Å²) in [6, 6.07) is 23.1. The molecule has 2 heterocycles. The fraction of sp³-hybridized carbons (Fsp3) is 0.0476. The Labute approximate surface area is 146 Å². The van der Waals surface area contributed by atoms with Crippen molar-refractivity contribution in [1.82, 2.24) is 9.97 Å². The first-order valence-corrected chi connectivity index (χ1v) is 8.25. The lowest BCUT2D eigenvalue weighted by molar-refractivity contribution is 1.13. The third-order valence-electron chi connectivity index (χ3n) is 4.72. The molecule has 4 nitrogen and oxygen atoms in total. The summed E-state index contributed by atoms with van der Waals surface area (Å²) in [4.78, 5) is 13.2. The van der Waals surface area contributed by atoms with Crippen LogP contribution in [0.25, 0.3) is 10.9 Å². The third kappa shape index (κ3) is 2.01. The van der Waals surface area contributed by atoms with Crippen LogP contribution in [-0.2, 0) is 0 Å². The van der Waals surface area contributed by atoms with Gasteiger partial charge in [0.2, 0.25) is 0 Å². The molecule has 4 heteroatoms. The van der Waals surface area contributed by atoms with Gasteiger partial charge in [-0.05, 0) is 30.3 Å². The number of hydrogen-bond donors (Lipinski definition) is 0. The molecule has 0 saturated heterocycles. The van der Waals surface area contributed by atoms with E-state index in [4.69, 9.17) is 0 Å². The van der Waals surface area contributed by atoms with Crippen LogP contribution in [0, 0.1) is 0 Å². The predicted octanol–water partition coefficient (Wildman–Crippen LogP) is 5.18. The molecule has 0 spiro atoms. The van der Waals surface area contributed by atoms with Crippen LogP contribution in [0.3, 0.4) is 0 Å². The Kier molecular flexibility index (Phi) is 2.97. The van der Waals surface area contributed by atoms with Gasteiger partial charge in [0.15, 0.2) is 0 Å². The third-order valence-corrected chi connectivity index (χ3v) is 4.72. The van der Waals surface area contributed by atoms with Gasteiger partial charge in [0.1, 0.15) is 6.33 Å². The second-order valence-electron chi connectivity index (χ2n) is 6.11. The molecule has 0 fully saturated rings. The van der Waals surface area contributed by atoms with Gasteiger partial charge in [-0.1, -0.05) is 36.4 Å². The van der Waals surface area contributed by atoms with Gasteiger partial charge in [-0.2, -0.15) is 0 Å². The number of fused-ring (bicyclic) bond motifs is 3. The molecule has 0 radical (unpaired) electrons. The van der Waals surface area contributed by atoms with Crippen molar-refractivity contribution in [2.45, 2.75) is 0 Å². The van der Waals surface area contributed by atoms with Gasteiger partial charge in [-0.25, -0.2) is 9.97 Å². The van der Waals surface area contributed by atoms with Crippen molar-refractivity contribution in [2.24, 2.45) is 0 Å². The fourth-order valence-corrected chi connectivity index (χ4v) is 3.57. The Morgan fingerprint density at radius 1 is 0.680 bits per heavy atom. The number of nitrogens with zero attached hydrogens (tertiary/aromatic N) is 4. The number of aromatic nitrogens is 2. The summed E-state index contributed by atoms with van der Waals surface area (Å²) in [5.41, 5.74) is 6.66. The summed E-state index contributed by atoms with van der Waals surface area (Å²) < 4.78 is 0. The van der Waals surface area contributed by atoms with Gasteiger partial charge >= 0.3 is 0 Å². The van der Waals surface area contributed by atoms with Crippen molar-refractivity contribution in [3.8, 4) is 0 Å². The molecule has 0 N–H and O–H groups in total. The highest BCUT2D eigenvalue weighted by Gasteiger charge is 2.27. The molecule has 1 aliphatic rings. The highest BCUT2D eigenvalue weighted by Crippen LogP contribution is 2.51. The van der Waals surface area contributed by atoms with E-state index >= 15 is 0 Å². The van der Waals surface area contributed by atoms with Crippen molar-refractivity contribution >= 4 is 39.3 Å². The van der Waals surface area contributed by atoms with Crippen LogP contribution in [0.2, 0.25) is 0 Å². The zero-order valence-corrected chi connectivity index (χ0v) is 13.8. The van der Waals surface area contributed by atoms with Gasteiger partial charge in [0.05, 0.1) is 34.0 Å². The number of rotatable bonds is 1. The van der Waals surface area contributed by atoms with Crippen molar-refractivity contribution in [1.29, 1.82) is 0 Å². The minimum Gasteiger partial charge on any atom is -0.341 e. The summed E-state index contributed by atoms with van der Waals surface area (Å²) >= 11 is 0. The SMILES string of the molecule is CN1c2ccccc2N(c2cccc3cncnc23)c2ccccc21. The van der Waals surface area contributed by atoms with E-state index in [1.165, 1.54) is 11.4 Å². The van der Waals surface area contributed by atoms with E-state index in [1.807, 2.05) is 12.3 Å². The molecule has 0 atom stereocenters. The Bertz CT molecular complexity index is 1040. The zero-order valence-electron chi connectivity index (χ0n) is 13.8. The van der Waals surface area contributed by atoms with E-state index in [9.17, 15) is 0 Å². The second-order valence-corrected chi connectivity index (χ2v) is 6.11. The van der Waals surface area contributed by atoms with Crippen molar-refractivity contribution in [3.63, 3.8) is 0 Å². The molecular formula is C21H16N4. The van der Waals surface area contributed by atoms with Gasteiger partial charge in [-0.3, -0.25) is 0 Å². The Morgan fingerprint density at radius 3 is 1.96 bits per heavy atom. The molecule has 0 saturated carbocycles. The molecule has 3 aromatic carbocycles. The highest BCUT2D eigenvalue weighted by molar-refractivity contribution is 6.03. The van der Waals surface area contributed by atoms with E-state index in [-0.39, 0.29) is 0 Å². The van der Waals surface area contributed by atoms with Crippen LogP contribution in [0.4, 0.5) is 28.4 Å². The van der Waals surface area contributed by atoms with Gasteiger partial charge in [-0.15, -0.1) is 0 Å². The maximum atomic E-state index is 4.55. The average molecular weight is 324 g/mol. The van der Waals surface area contributed by atoms with Crippen LogP contribution < -0.4 is 9.80 Å². The smallest absolute Gasteiger partial charge is 0.116 e. The normalized spacial score (nSPS) is 12.8. The quantitative estimate of drug-likeness (QED) is 0.483. The second kappa shape index (κ2) is 5.31. The molecule has 0 unspecified atom stereocenters. The number of benzene rings is 3. The molecule has 1 aliphatic heterocycles. The van der Waals surface area contributed by atoms with Crippen molar-refractivity contribution < 1.29 is 0 Å².